The van der Waals surface area contributed by atoms with E-state index < -0.39 is 0 Å². The minimum atomic E-state index is -0.137. The van der Waals surface area contributed by atoms with Gasteiger partial charge in [0.05, 0.1) is 0 Å². The zero-order chi connectivity index (χ0) is 13.7. The summed E-state index contributed by atoms with van der Waals surface area (Å²) in [6.07, 6.45) is 3.16. The molecule has 0 fully saturated rings. The average Bonchev–Trinajstić information content (AvgIpc) is 2.78. The van der Waals surface area contributed by atoms with E-state index in [4.69, 9.17) is 0 Å². The zero-order valence-electron chi connectivity index (χ0n) is 11.3. The van der Waals surface area contributed by atoms with Crippen LogP contribution in [-0.2, 0) is 19.9 Å². The lowest BCUT2D eigenvalue weighted by Gasteiger charge is -2.13. The molecule has 5 heteroatoms. The van der Waals surface area contributed by atoms with Gasteiger partial charge in [-0.25, -0.2) is 9.37 Å². The van der Waals surface area contributed by atoms with Crippen LogP contribution in [0, 0.1) is 5.82 Å². The van der Waals surface area contributed by atoms with E-state index in [0.717, 1.165) is 24.4 Å². The second-order valence-electron chi connectivity index (χ2n) is 4.74. The van der Waals surface area contributed by atoms with Crippen molar-refractivity contribution in [2.45, 2.75) is 25.8 Å². The fourth-order valence-corrected chi connectivity index (χ4v) is 1.99. The van der Waals surface area contributed by atoms with Crippen molar-refractivity contribution in [3.8, 4) is 0 Å². The molecule has 4 nitrogen and oxygen atoms in total. The molecule has 2 aromatic rings. The van der Waals surface area contributed by atoms with Gasteiger partial charge in [-0.05, 0) is 25.0 Å². The lowest BCUT2D eigenvalue weighted by molar-refractivity contribution is 0.524. The zero-order valence-corrected chi connectivity index (χ0v) is 11.3. The smallest absolute Gasteiger partial charge is 0.151 e. The lowest BCUT2D eigenvalue weighted by Crippen LogP contribution is -2.30. The highest BCUT2D eigenvalue weighted by atomic mass is 19.1. The highest BCUT2D eigenvalue weighted by Gasteiger charge is 2.07. The topological polar surface area (TPSA) is 42.7 Å². The Morgan fingerprint density at radius 3 is 2.84 bits per heavy atom. The van der Waals surface area contributed by atoms with Gasteiger partial charge in [-0.3, -0.25) is 4.68 Å². The van der Waals surface area contributed by atoms with Crippen molar-refractivity contribution < 1.29 is 4.39 Å². The third-order valence-corrected chi connectivity index (χ3v) is 2.97. The fourth-order valence-electron chi connectivity index (χ4n) is 1.99. The van der Waals surface area contributed by atoms with E-state index in [1.165, 1.54) is 6.07 Å². The number of halogens is 1. The molecule has 0 saturated carbocycles. The summed E-state index contributed by atoms with van der Waals surface area (Å²) < 4.78 is 15.2. The van der Waals surface area contributed by atoms with Crippen LogP contribution in [0.3, 0.4) is 0 Å². The molecule has 0 aliphatic rings. The molecular formula is C14H19FN4. The minimum absolute atomic E-state index is 0.137. The van der Waals surface area contributed by atoms with Crippen LogP contribution in [0.2, 0.25) is 0 Å². The van der Waals surface area contributed by atoms with Gasteiger partial charge in [0.1, 0.15) is 12.1 Å². The van der Waals surface area contributed by atoms with Gasteiger partial charge in [-0.2, -0.15) is 5.10 Å². The van der Waals surface area contributed by atoms with Gasteiger partial charge in [0.15, 0.2) is 5.82 Å². The number of aromatic nitrogens is 3. The van der Waals surface area contributed by atoms with Crippen LogP contribution >= 0.6 is 0 Å². The molecule has 1 aromatic heterocycles. The number of nitrogens with zero attached hydrogens (tertiary/aromatic N) is 3. The van der Waals surface area contributed by atoms with E-state index in [0.29, 0.717) is 6.42 Å². The maximum absolute atomic E-state index is 13.5. The molecule has 1 atom stereocenters. The summed E-state index contributed by atoms with van der Waals surface area (Å²) >= 11 is 0. The number of hydrogen-bond donors (Lipinski definition) is 1. The Morgan fingerprint density at radius 2 is 2.16 bits per heavy atom. The Bertz CT molecular complexity index is 524. The predicted octanol–water partition coefficient (Wildman–Crippen LogP) is 1.72. The third-order valence-electron chi connectivity index (χ3n) is 2.97. The van der Waals surface area contributed by atoms with Gasteiger partial charge in [0.25, 0.3) is 0 Å². The molecule has 0 spiro atoms. The second-order valence-corrected chi connectivity index (χ2v) is 4.74. The first-order chi connectivity index (χ1) is 9.15. The van der Waals surface area contributed by atoms with Crippen LogP contribution in [-0.4, -0.2) is 27.4 Å². The molecule has 0 aliphatic heterocycles. The highest BCUT2D eigenvalue weighted by molar-refractivity contribution is 5.18. The molecule has 1 N–H and O–H groups in total. The molecule has 0 amide bonds. The van der Waals surface area contributed by atoms with Gasteiger partial charge in [-0.1, -0.05) is 18.2 Å². The molecule has 0 radical (unpaired) electrons. The van der Waals surface area contributed by atoms with Crippen molar-refractivity contribution >= 4 is 0 Å². The van der Waals surface area contributed by atoms with E-state index in [1.807, 2.05) is 19.2 Å². The number of aryl methyl sites for hydroxylation is 1. The standard InChI is InChI=1S/C14H19FN4/c1-11(9-12-5-3-4-6-13(12)15)16-8-7-14-17-10-19(2)18-14/h3-6,10-11,16H,7-9H2,1-2H3. The number of hydrogen-bond acceptors (Lipinski definition) is 3. The Morgan fingerprint density at radius 1 is 1.37 bits per heavy atom. The lowest BCUT2D eigenvalue weighted by atomic mass is 10.1. The molecule has 1 unspecified atom stereocenters. The molecule has 19 heavy (non-hydrogen) atoms. The molecule has 0 bridgehead atoms. The summed E-state index contributed by atoms with van der Waals surface area (Å²) in [6, 6.07) is 7.13. The van der Waals surface area contributed by atoms with Gasteiger partial charge in [0.2, 0.25) is 0 Å². The SMILES string of the molecule is CC(Cc1ccccc1F)NCCc1ncn(C)n1. The molecule has 102 valence electrons. The molecular weight excluding hydrogens is 243 g/mol. The van der Waals surface area contributed by atoms with Crippen molar-refractivity contribution in [3.05, 3.63) is 47.8 Å². The maximum Gasteiger partial charge on any atom is 0.151 e. The van der Waals surface area contributed by atoms with E-state index in [-0.39, 0.29) is 11.9 Å². The van der Waals surface area contributed by atoms with Crippen LogP contribution < -0.4 is 5.32 Å². The Hall–Kier alpha value is -1.75. The molecule has 0 aliphatic carbocycles. The summed E-state index contributed by atoms with van der Waals surface area (Å²) in [5.41, 5.74) is 0.749. The second kappa shape index (κ2) is 6.43. The summed E-state index contributed by atoms with van der Waals surface area (Å²) in [5, 5.41) is 7.57. The Labute approximate surface area is 112 Å². The van der Waals surface area contributed by atoms with Gasteiger partial charge >= 0.3 is 0 Å². The molecule has 1 heterocycles. The van der Waals surface area contributed by atoms with E-state index >= 15 is 0 Å². The summed E-state index contributed by atoms with van der Waals surface area (Å²) in [6.45, 7) is 2.85. The summed E-state index contributed by atoms with van der Waals surface area (Å²) in [5.74, 6) is 0.690. The molecule has 2 rings (SSSR count). The van der Waals surface area contributed by atoms with Crippen molar-refractivity contribution in [3.63, 3.8) is 0 Å². The number of rotatable bonds is 6. The summed E-state index contributed by atoms with van der Waals surface area (Å²) in [4.78, 5) is 4.16. The summed E-state index contributed by atoms with van der Waals surface area (Å²) in [7, 11) is 1.85. The Kier molecular flexibility index (Phi) is 4.63. The van der Waals surface area contributed by atoms with E-state index in [1.54, 1.807) is 17.1 Å². The van der Waals surface area contributed by atoms with Gasteiger partial charge in [0, 0.05) is 26.1 Å². The largest absolute Gasteiger partial charge is 0.313 e. The monoisotopic (exact) mass is 262 g/mol. The van der Waals surface area contributed by atoms with Crippen LogP contribution in [0.1, 0.15) is 18.3 Å². The fraction of sp³-hybridized carbons (Fsp3) is 0.429. The van der Waals surface area contributed by atoms with Gasteiger partial charge in [-0.15, -0.1) is 0 Å². The van der Waals surface area contributed by atoms with Crippen molar-refractivity contribution in [2.24, 2.45) is 7.05 Å². The predicted molar refractivity (Wildman–Crippen MR) is 72.3 cm³/mol. The number of benzene rings is 1. The van der Waals surface area contributed by atoms with Crippen molar-refractivity contribution in [1.29, 1.82) is 0 Å². The highest BCUT2D eigenvalue weighted by Crippen LogP contribution is 2.08. The molecule has 1 aromatic carbocycles. The van der Waals surface area contributed by atoms with E-state index in [9.17, 15) is 4.39 Å². The first-order valence-electron chi connectivity index (χ1n) is 6.46. The number of nitrogens with one attached hydrogen (secondary N) is 1. The average molecular weight is 262 g/mol. The Balaban J connectivity index is 1.76. The normalized spacial score (nSPS) is 12.6. The quantitative estimate of drug-likeness (QED) is 0.862. The van der Waals surface area contributed by atoms with Crippen LogP contribution in [0.25, 0.3) is 0 Å². The van der Waals surface area contributed by atoms with Crippen LogP contribution in [0.4, 0.5) is 4.39 Å². The minimum Gasteiger partial charge on any atom is -0.313 e. The van der Waals surface area contributed by atoms with Crippen molar-refractivity contribution in [1.82, 2.24) is 20.1 Å². The van der Waals surface area contributed by atoms with E-state index in [2.05, 4.69) is 22.3 Å². The first-order valence-corrected chi connectivity index (χ1v) is 6.46. The maximum atomic E-state index is 13.5. The van der Waals surface area contributed by atoms with Crippen LogP contribution in [0.5, 0.6) is 0 Å². The molecule has 0 saturated heterocycles. The first kappa shape index (κ1) is 13.7. The van der Waals surface area contributed by atoms with Crippen LogP contribution in [0.15, 0.2) is 30.6 Å². The van der Waals surface area contributed by atoms with Crippen molar-refractivity contribution in [2.75, 3.05) is 6.54 Å². The third kappa shape index (κ3) is 4.13. The van der Waals surface area contributed by atoms with Gasteiger partial charge < -0.3 is 5.32 Å².